The molecule has 2 aromatic rings. The van der Waals surface area contributed by atoms with Crippen molar-refractivity contribution in [1.82, 2.24) is 4.31 Å². The van der Waals surface area contributed by atoms with Crippen molar-refractivity contribution >= 4 is 33.2 Å². The van der Waals surface area contributed by atoms with Gasteiger partial charge >= 0.3 is 0 Å². The zero-order valence-electron chi connectivity index (χ0n) is 17.2. The van der Waals surface area contributed by atoms with Crippen molar-refractivity contribution in [1.29, 1.82) is 5.26 Å². The monoisotopic (exact) mass is 440 g/mol. The fourth-order valence-electron chi connectivity index (χ4n) is 3.41. The standard InChI is InChI=1S/C22H24N4O4S/c1-2-21(27)24-18-7-9-19(10-8-18)25-22(28)16-11-13-26(14-12-16)31(29,30)20-6-4-3-5-17(20)15-23/h3-10,16H,2,11-14H2,1H3,(H,24,27)(H,25,28). The van der Waals surface area contributed by atoms with E-state index in [-0.39, 0.29) is 41.3 Å². The molecule has 1 saturated heterocycles. The third-order valence-electron chi connectivity index (χ3n) is 5.21. The van der Waals surface area contributed by atoms with E-state index in [2.05, 4.69) is 10.6 Å². The quantitative estimate of drug-likeness (QED) is 0.716. The highest BCUT2D eigenvalue weighted by atomic mass is 32.2. The normalized spacial score (nSPS) is 15.1. The van der Waals surface area contributed by atoms with Crippen molar-refractivity contribution in [3.63, 3.8) is 0 Å². The molecular formula is C22H24N4O4S. The Bertz CT molecular complexity index is 1100. The van der Waals surface area contributed by atoms with E-state index in [1.54, 1.807) is 43.3 Å². The summed E-state index contributed by atoms with van der Waals surface area (Å²) in [7, 11) is -3.79. The summed E-state index contributed by atoms with van der Waals surface area (Å²) in [6.07, 6.45) is 1.17. The molecule has 31 heavy (non-hydrogen) atoms. The van der Waals surface area contributed by atoms with Crippen LogP contribution in [0.1, 0.15) is 31.7 Å². The number of sulfonamides is 1. The number of benzene rings is 2. The van der Waals surface area contributed by atoms with Crippen LogP contribution in [0.2, 0.25) is 0 Å². The fraction of sp³-hybridized carbons (Fsp3) is 0.318. The predicted octanol–water partition coefficient (Wildman–Crippen LogP) is 2.95. The molecule has 2 amide bonds. The molecule has 0 bridgehead atoms. The van der Waals surface area contributed by atoms with E-state index < -0.39 is 10.0 Å². The minimum atomic E-state index is -3.79. The zero-order valence-corrected chi connectivity index (χ0v) is 18.0. The van der Waals surface area contributed by atoms with Crippen molar-refractivity contribution in [3.8, 4) is 6.07 Å². The molecule has 8 nitrogen and oxygen atoms in total. The Morgan fingerprint density at radius 2 is 1.61 bits per heavy atom. The van der Waals surface area contributed by atoms with Crippen LogP contribution in [-0.2, 0) is 19.6 Å². The minimum Gasteiger partial charge on any atom is -0.326 e. The van der Waals surface area contributed by atoms with Gasteiger partial charge in [0.1, 0.15) is 6.07 Å². The maximum atomic E-state index is 12.9. The molecule has 0 spiro atoms. The van der Waals surface area contributed by atoms with Crippen LogP contribution >= 0.6 is 0 Å². The van der Waals surface area contributed by atoms with Gasteiger partial charge in [-0.15, -0.1) is 0 Å². The third-order valence-corrected chi connectivity index (χ3v) is 7.16. The number of nitriles is 1. The highest BCUT2D eigenvalue weighted by molar-refractivity contribution is 7.89. The van der Waals surface area contributed by atoms with Crippen molar-refractivity contribution in [2.24, 2.45) is 5.92 Å². The molecule has 9 heteroatoms. The molecule has 1 fully saturated rings. The summed E-state index contributed by atoms with van der Waals surface area (Å²) in [5.41, 5.74) is 1.37. The fourth-order valence-corrected chi connectivity index (χ4v) is 5.02. The molecule has 1 aliphatic heterocycles. The van der Waals surface area contributed by atoms with Crippen molar-refractivity contribution in [2.75, 3.05) is 23.7 Å². The smallest absolute Gasteiger partial charge is 0.244 e. The molecule has 0 radical (unpaired) electrons. The van der Waals surface area contributed by atoms with Gasteiger partial charge in [-0.2, -0.15) is 9.57 Å². The molecular weight excluding hydrogens is 416 g/mol. The van der Waals surface area contributed by atoms with Gasteiger partial charge in [-0.1, -0.05) is 19.1 Å². The van der Waals surface area contributed by atoms with Gasteiger partial charge in [0.2, 0.25) is 21.8 Å². The Labute approximate surface area is 181 Å². The number of carbonyl (C=O) groups is 2. The van der Waals surface area contributed by atoms with Crippen LogP contribution in [0.3, 0.4) is 0 Å². The Morgan fingerprint density at radius 3 is 2.19 bits per heavy atom. The van der Waals surface area contributed by atoms with Gasteiger partial charge in [-0.25, -0.2) is 8.42 Å². The molecule has 0 aromatic heterocycles. The van der Waals surface area contributed by atoms with Gasteiger partial charge < -0.3 is 10.6 Å². The van der Waals surface area contributed by atoms with Gasteiger partial charge in [-0.05, 0) is 49.2 Å². The van der Waals surface area contributed by atoms with Crippen LogP contribution in [0, 0.1) is 17.2 Å². The highest BCUT2D eigenvalue weighted by Gasteiger charge is 2.33. The van der Waals surface area contributed by atoms with E-state index >= 15 is 0 Å². The molecule has 3 rings (SSSR count). The number of hydrogen-bond donors (Lipinski definition) is 2. The van der Waals surface area contributed by atoms with Crippen molar-refractivity contribution < 1.29 is 18.0 Å². The second-order valence-electron chi connectivity index (χ2n) is 7.25. The third kappa shape index (κ3) is 5.29. The van der Waals surface area contributed by atoms with Crippen LogP contribution in [0.4, 0.5) is 11.4 Å². The highest BCUT2D eigenvalue weighted by Crippen LogP contribution is 2.26. The lowest BCUT2D eigenvalue weighted by molar-refractivity contribution is -0.121. The van der Waals surface area contributed by atoms with Crippen molar-refractivity contribution in [3.05, 3.63) is 54.1 Å². The Balaban J connectivity index is 1.59. The van der Waals surface area contributed by atoms with Gasteiger partial charge in [0.25, 0.3) is 0 Å². The molecule has 1 aliphatic rings. The van der Waals surface area contributed by atoms with Crippen LogP contribution in [0.25, 0.3) is 0 Å². The largest absolute Gasteiger partial charge is 0.326 e. The summed E-state index contributed by atoms with van der Waals surface area (Å²) in [6, 6.07) is 14.9. The van der Waals surface area contributed by atoms with Crippen LogP contribution in [0.5, 0.6) is 0 Å². The molecule has 2 N–H and O–H groups in total. The van der Waals surface area contributed by atoms with Crippen LogP contribution in [0.15, 0.2) is 53.4 Å². The van der Waals surface area contributed by atoms with E-state index in [1.807, 2.05) is 6.07 Å². The number of rotatable bonds is 6. The Morgan fingerprint density at radius 1 is 1.03 bits per heavy atom. The molecule has 0 unspecified atom stereocenters. The maximum Gasteiger partial charge on any atom is 0.244 e. The first-order chi connectivity index (χ1) is 14.8. The lowest BCUT2D eigenvalue weighted by Gasteiger charge is -2.30. The Kier molecular flexibility index (Phi) is 7.05. The van der Waals surface area contributed by atoms with E-state index in [0.29, 0.717) is 30.6 Å². The molecule has 2 aromatic carbocycles. The molecule has 0 aliphatic carbocycles. The van der Waals surface area contributed by atoms with Gasteiger partial charge in [0, 0.05) is 36.8 Å². The Hall–Kier alpha value is -3.22. The number of nitrogens with one attached hydrogen (secondary N) is 2. The maximum absolute atomic E-state index is 12.9. The zero-order chi connectivity index (χ0) is 22.4. The van der Waals surface area contributed by atoms with E-state index in [0.717, 1.165) is 0 Å². The number of nitrogens with zero attached hydrogens (tertiary/aromatic N) is 2. The molecule has 1 heterocycles. The average molecular weight is 441 g/mol. The van der Waals surface area contributed by atoms with Gasteiger partial charge in [0.15, 0.2) is 0 Å². The number of carbonyl (C=O) groups excluding carboxylic acids is 2. The summed E-state index contributed by atoms with van der Waals surface area (Å²) in [5.74, 6) is -0.562. The first-order valence-corrected chi connectivity index (χ1v) is 11.5. The number of piperidine rings is 1. The van der Waals surface area contributed by atoms with E-state index in [4.69, 9.17) is 0 Å². The first kappa shape index (κ1) is 22.5. The van der Waals surface area contributed by atoms with Crippen molar-refractivity contribution in [2.45, 2.75) is 31.1 Å². The second-order valence-corrected chi connectivity index (χ2v) is 9.16. The SMILES string of the molecule is CCC(=O)Nc1ccc(NC(=O)C2CCN(S(=O)(=O)c3ccccc3C#N)CC2)cc1. The average Bonchev–Trinajstić information content (AvgIpc) is 2.80. The summed E-state index contributed by atoms with van der Waals surface area (Å²) in [4.78, 5) is 24.0. The summed E-state index contributed by atoms with van der Waals surface area (Å²) in [6.45, 7) is 2.19. The molecule has 0 atom stereocenters. The molecule has 162 valence electrons. The summed E-state index contributed by atoms with van der Waals surface area (Å²) >= 11 is 0. The van der Waals surface area contributed by atoms with Crippen LogP contribution in [-0.4, -0.2) is 37.6 Å². The summed E-state index contributed by atoms with van der Waals surface area (Å²) in [5, 5.41) is 14.8. The first-order valence-electron chi connectivity index (χ1n) is 10.0. The lowest BCUT2D eigenvalue weighted by atomic mass is 9.97. The van der Waals surface area contributed by atoms with Gasteiger partial charge in [-0.3, -0.25) is 9.59 Å². The molecule has 0 saturated carbocycles. The number of hydrogen-bond acceptors (Lipinski definition) is 5. The number of amides is 2. The lowest BCUT2D eigenvalue weighted by Crippen LogP contribution is -2.41. The summed E-state index contributed by atoms with van der Waals surface area (Å²) < 4.78 is 27.1. The van der Waals surface area contributed by atoms with E-state index in [9.17, 15) is 23.3 Å². The topological polar surface area (TPSA) is 119 Å². The predicted molar refractivity (Wildman–Crippen MR) is 117 cm³/mol. The van der Waals surface area contributed by atoms with E-state index in [1.165, 1.54) is 16.4 Å². The second kappa shape index (κ2) is 9.73. The van der Waals surface area contributed by atoms with Gasteiger partial charge in [0.05, 0.1) is 10.5 Å². The number of anilines is 2. The minimum absolute atomic E-state index is 0.00402. The van der Waals surface area contributed by atoms with Crippen LogP contribution < -0.4 is 10.6 Å².